The molecule has 3 rings (SSSR count). The van der Waals surface area contributed by atoms with Crippen molar-refractivity contribution in [2.75, 3.05) is 44.9 Å². The van der Waals surface area contributed by atoms with Gasteiger partial charge in [0.15, 0.2) is 5.96 Å². The van der Waals surface area contributed by atoms with Crippen LogP contribution in [0.25, 0.3) is 0 Å². The molecule has 29 heavy (non-hydrogen) atoms. The Kier molecular flexibility index (Phi) is 7.77. The summed E-state index contributed by atoms with van der Waals surface area (Å²) in [6, 6.07) is 12.9. The van der Waals surface area contributed by atoms with Crippen LogP contribution in [0.3, 0.4) is 0 Å². The summed E-state index contributed by atoms with van der Waals surface area (Å²) in [4.78, 5) is 14.7. The van der Waals surface area contributed by atoms with Crippen LogP contribution in [0.15, 0.2) is 52.5 Å². The third-order valence-electron chi connectivity index (χ3n) is 4.98. The number of hydrogen-bond donors (Lipinski definition) is 1. The number of guanidine groups is 1. The third kappa shape index (κ3) is 6.11. The van der Waals surface area contributed by atoms with Crippen molar-refractivity contribution in [3.63, 3.8) is 0 Å². The number of aromatic nitrogens is 1. The second-order valence-electron chi connectivity index (χ2n) is 7.25. The van der Waals surface area contributed by atoms with Gasteiger partial charge in [-0.1, -0.05) is 12.1 Å². The molecule has 1 fully saturated rings. The maximum Gasteiger partial charge on any atom is 0.193 e. The van der Waals surface area contributed by atoms with Crippen molar-refractivity contribution < 1.29 is 4.74 Å². The summed E-state index contributed by atoms with van der Waals surface area (Å²) in [5.41, 5.74) is 2.45. The molecular formula is C22H31N5OS. The summed E-state index contributed by atoms with van der Waals surface area (Å²) in [5, 5.41) is 3.47. The van der Waals surface area contributed by atoms with E-state index in [1.54, 1.807) is 11.8 Å². The van der Waals surface area contributed by atoms with E-state index in [-0.39, 0.29) is 6.10 Å². The lowest BCUT2D eigenvalue weighted by Gasteiger charge is -2.32. The predicted octanol–water partition coefficient (Wildman–Crippen LogP) is 3.24. The van der Waals surface area contributed by atoms with E-state index in [1.807, 2.05) is 13.2 Å². The Bertz CT molecular complexity index is 811. The molecule has 1 saturated heterocycles. The van der Waals surface area contributed by atoms with E-state index < -0.39 is 0 Å². The van der Waals surface area contributed by atoms with Gasteiger partial charge >= 0.3 is 0 Å². The molecule has 0 spiro atoms. The van der Waals surface area contributed by atoms with Gasteiger partial charge in [0.2, 0.25) is 0 Å². The molecule has 1 aromatic heterocycles. The van der Waals surface area contributed by atoms with E-state index in [1.165, 1.54) is 16.0 Å². The molecule has 1 N–H and O–H groups in total. The Labute approximate surface area is 178 Å². The minimum Gasteiger partial charge on any atom is -0.375 e. The summed E-state index contributed by atoms with van der Waals surface area (Å²) in [6.07, 6.45) is 4.22. The molecule has 7 heteroatoms. The molecule has 1 aliphatic rings. The Morgan fingerprint density at radius 3 is 2.79 bits per heavy atom. The third-order valence-corrected chi connectivity index (χ3v) is 5.72. The summed E-state index contributed by atoms with van der Waals surface area (Å²) >= 11 is 1.76. The second-order valence-corrected chi connectivity index (χ2v) is 8.13. The van der Waals surface area contributed by atoms with E-state index in [0.29, 0.717) is 6.54 Å². The molecule has 0 amide bonds. The normalized spacial score (nSPS) is 17.3. The highest BCUT2D eigenvalue weighted by atomic mass is 32.2. The van der Waals surface area contributed by atoms with Crippen molar-refractivity contribution in [1.82, 2.24) is 15.2 Å². The average Bonchev–Trinajstić information content (AvgIpc) is 2.75. The minimum atomic E-state index is 0.241. The van der Waals surface area contributed by atoms with Gasteiger partial charge in [-0.05, 0) is 48.6 Å². The highest BCUT2D eigenvalue weighted by Gasteiger charge is 2.18. The molecule has 0 aliphatic carbocycles. The first-order valence-electron chi connectivity index (χ1n) is 9.95. The van der Waals surface area contributed by atoms with Crippen LogP contribution in [0.4, 0.5) is 5.82 Å². The SMILES string of the molecule is CN=C(NCc1ccnc(N2CCOC(C)C2)c1)N(C)Cc1ccc(SC)cc1. The summed E-state index contributed by atoms with van der Waals surface area (Å²) in [6.45, 7) is 6.13. The van der Waals surface area contributed by atoms with Crippen LogP contribution in [0.2, 0.25) is 0 Å². The summed E-state index contributed by atoms with van der Waals surface area (Å²) < 4.78 is 5.64. The van der Waals surface area contributed by atoms with Crippen molar-refractivity contribution in [3.8, 4) is 0 Å². The van der Waals surface area contributed by atoms with Crippen LogP contribution in [0, 0.1) is 0 Å². The molecule has 6 nitrogen and oxygen atoms in total. The van der Waals surface area contributed by atoms with E-state index in [9.17, 15) is 0 Å². The number of nitrogens with zero attached hydrogens (tertiary/aromatic N) is 4. The highest BCUT2D eigenvalue weighted by molar-refractivity contribution is 7.98. The van der Waals surface area contributed by atoms with Gasteiger partial charge in [0.25, 0.3) is 0 Å². The van der Waals surface area contributed by atoms with E-state index in [0.717, 1.165) is 38.0 Å². The number of morpholine rings is 1. The summed E-state index contributed by atoms with van der Waals surface area (Å²) in [5.74, 6) is 1.88. The van der Waals surface area contributed by atoms with Gasteiger partial charge in [-0.2, -0.15) is 0 Å². The van der Waals surface area contributed by atoms with Gasteiger partial charge in [-0.15, -0.1) is 11.8 Å². The minimum absolute atomic E-state index is 0.241. The molecule has 1 aromatic carbocycles. The Hall–Kier alpha value is -2.25. The van der Waals surface area contributed by atoms with Gasteiger partial charge in [-0.25, -0.2) is 4.98 Å². The van der Waals surface area contributed by atoms with Crippen molar-refractivity contribution in [2.24, 2.45) is 4.99 Å². The average molecular weight is 414 g/mol. The molecule has 0 saturated carbocycles. The van der Waals surface area contributed by atoms with Crippen LogP contribution in [0.5, 0.6) is 0 Å². The van der Waals surface area contributed by atoms with Crippen LogP contribution < -0.4 is 10.2 Å². The zero-order valence-electron chi connectivity index (χ0n) is 17.8. The molecule has 2 heterocycles. The molecule has 0 radical (unpaired) electrons. The molecular weight excluding hydrogens is 382 g/mol. The number of anilines is 1. The lowest BCUT2D eigenvalue weighted by Crippen LogP contribution is -2.41. The molecule has 156 valence electrons. The van der Waals surface area contributed by atoms with Crippen LogP contribution in [0.1, 0.15) is 18.1 Å². The second kappa shape index (κ2) is 10.5. The number of ether oxygens (including phenoxy) is 1. The van der Waals surface area contributed by atoms with Crippen molar-refractivity contribution in [1.29, 1.82) is 0 Å². The number of nitrogens with one attached hydrogen (secondary N) is 1. The maximum absolute atomic E-state index is 5.64. The maximum atomic E-state index is 5.64. The highest BCUT2D eigenvalue weighted by Crippen LogP contribution is 2.17. The largest absolute Gasteiger partial charge is 0.375 e. The zero-order valence-corrected chi connectivity index (χ0v) is 18.6. The van der Waals surface area contributed by atoms with Crippen LogP contribution >= 0.6 is 11.8 Å². The monoisotopic (exact) mass is 413 g/mol. The Balaban J connectivity index is 1.57. The van der Waals surface area contributed by atoms with Gasteiger partial charge in [0.1, 0.15) is 5.82 Å². The Morgan fingerprint density at radius 2 is 2.10 bits per heavy atom. The van der Waals surface area contributed by atoms with E-state index in [4.69, 9.17) is 4.74 Å². The Morgan fingerprint density at radius 1 is 1.31 bits per heavy atom. The van der Waals surface area contributed by atoms with Gasteiger partial charge in [-0.3, -0.25) is 4.99 Å². The number of rotatable bonds is 6. The molecule has 0 bridgehead atoms. The van der Waals surface area contributed by atoms with Crippen LogP contribution in [-0.2, 0) is 17.8 Å². The fourth-order valence-corrected chi connectivity index (χ4v) is 3.82. The standard InChI is InChI=1S/C22H31N5OS/c1-17-15-27(11-12-28-17)21-13-19(9-10-24-21)14-25-22(23-2)26(3)16-18-5-7-20(29-4)8-6-18/h5-10,13,17H,11-12,14-16H2,1-4H3,(H,23,25). The molecule has 1 atom stereocenters. The lowest BCUT2D eigenvalue weighted by molar-refractivity contribution is 0.0529. The first-order valence-corrected chi connectivity index (χ1v) is 11.2. The number of hydrogen-bond acceptors (Lipinski definition) is 5. The van der Waals surface area contributed by atoms with Gasteiger partial charge in [0.05, 0.1) is 12.7 Å². The van der Waals surface area contributed by atoms with Gasteiger partial charge < -0.3 is 19.9 Å². The van der Waals surface area contributed by atoms with E-state index >= 15 is 0 Å². The van der Waals surface area contributed by atoms with Crippen molar-refractivity contribution in [2.45, 2.75) is 31.0 Å². The molecule has 1 unspecified atom stereocenters. The van der Waals surface area contributed by atoms with Gasteiger partial charge in [0, 0.05) is 51.4 Å². The number of benzene rings is 1. The first-order chi connectivity index (χ1) is 14.1. The number of aliphatic imine (C=N–C) groups is 1. The topological polar surface area (TPSA) is 53.0 Å². The van der Waals surface area contributed by atoms with Crippen molar-refractivity contribution >= 4 is 23.5 Å². The molecule has 1 aliphatic heterocycles. The predicted molar refractivity (Wildman–Crippen MR) is 122 cm³/mol. The lowest BCUT2D eigenvalue weighted by atomic mass is 10.2. The summed E-state index contributed by atoms with van der Waals surface area (Å²) in [7, 11) is 3.88. The quantitative estimate of drug-likeness (QED) is 0.446. The van der Waals surface area contributed by atoms with Crippen molar-refractivity contribution in [3.05, 3.63) is 53.7 Å². The fourth-order valence-electron chi connectivity index (χ4n) is 3.42. The smallest absolute Gasteiger partial charge is 0.193 e. The fraction of sp³-hybridized carbons (Fsp3) is 0.455. The number of pyridine rings is 1. The molecule has 2 aromatic rings. The first kappa shape index (κ1) is 21.5. The number of thioether (sulfide) groups is 1. The van der Waals surface area contributed by atoms with E-state index in [2.05, 4.69) is 81.7 Å². The van der Waals surface area contributed by atoms with Crippen LogP contribution in [-0.4, -0.2) is 62.0 Å². The zero-order chi connectivity index (χ0) is 20.6.